The van der Waals surface area contributed by atoms with Crippen molar-refractivity contribution in [1.29, 1.82) is 0 Å². The van der Waals surface area contributed by atoms with Gasteiger partial charge in [-0.3, -0.25) is 29.9 Å². The van der Waals surface area contributed by atoms with Crippen molar-refractivity contribution in [3.63, 3.8) is 0 Å². The summed E-state index contributed by atoms with van der Waals surface area (Å²) in [5.74, 6) is 2.95. The molecule has 21 rings (SSSR count). The second-order valence-electron chi connectivity index (χ2n) is 29.1. The molecule has 16 heteroatoms. The van der Waals surface area contributed by atoms with Crippen LogP contribution in [-0.4, -0.2) is 79.7 Å². The third-order valence-electron chi connectivity index (χ3n) is 20.8. The summed E-state index contributed by atoms with van der Waals surface area (Å²) in [6, 6.07) is 114. The molecule has 0 fully saturated rings. The number of nitrogens with zero attached hydrogens (tertiary/aromatic N) is 16. The summed E-state index contributed by atoms with van der Waals surface area (Å²) in [6.45, 7) is 8.33. The molecule has 0 aliphatic heterocycles. The summed E-state index contributed by atoms with van der Waals surface area (Å²) >= 11 is 0. The Hall–Kier alpha value is -15.9. The van der Waals surface area contributed by atoms with E-state index < -0.39 is 0 Å². The van der Waals surface area contributed by atoms with Gasteiger partial charge in [0.25, 0.3) is 0 Å². The second-order valence-corrected chi connectivity index (χ2v) is 29.1. The summed E-state index contributed by atoms with van der Waals surface area (Å²) in [7, 11) is 0. The quantitative estimate of drug-likeness (QED) is 0.0984. The fourth-order valence-electron chi connectivity index (χ4n) is 14.8. The molecule has 0 unspecified atom stereocenters. The van der Waals surface area contributed by atoms with Crippen molar-refractivity contribution in [2.75, 3.05) is 0 Å². The Labute approximate surface area is 686 Å². The van der Waals surface area contributed by atoms with Crippen molar-refractivity contribution >= 4 is 65.4 Å². The van der Waals surface area contributed by atoms with Crippen LogP contribution in [0.25, 0.3) is 202 Å². The molecule has 0 aliphatic carbocycles. The van der Waals surface area contributed by atoms with Gasteiger partial charge in [0.05, 0.1) is 67.3 Å². The van der Waals surface area contributed by atoms with Crippen molar-refractivity contribution in [2.24, 2.45) is 0 Å². The Morgan fingerprint density at radius 3 is 0.908 bits per heavy atom. The van der Waals surface area contributed by atoms with Crippen molar-refractivity contribution in [1.82, 2.24) is 79.7 Å². The molecule has 0 saturated carbocycles. The van der Waals surface area contributed by atoms with Gasteiger partial charge in [-0.2, -0.15) is 0 Å². The Morgan fingerprint density at radius 2 is 0.496 bits per heavy atom. The van der Waals surface area contributed by atoms with Gasteiger partial charge in [-0.15, -0.1) is 0 Å². The largest absolute Gasteiger partial charge is 0.255 e. The molecular weight excluding hydrogens is 1460 g/mol. The van der Waals surface area contributed by atoms with Crippen LogP contribution in [0.3, 0.4) is 0 Å². The highest BCUT2D eigenvalue weighted by molar-refractivity contribution is 6.12. The first kappa shape index (κ1) is 73.2. The average molecular weight is 1530 g/mol. The summed E-state index contributed by atoms with van der Waals surface area (Å²) in [5.41, 5.74) is 24.8. The normalized spacial score (nSPS) is 11.3. The molecule has 12 aromatic heterocycles. The molecule has 119 heavy (non-hydrogen) atoms. The van der Waals surface area contributed by atoms with Gasteiger partial charge in [0, 0.05) is 84.7 Å². The van der Waals surface area contributed by atoms with E-state index in [1.54, 1.807) is 18.6 Å². The molecule has 12 heterocycles. The maximum absolute atomic E-state index is 5.22. The van der Waals surface area contributed by atoms with Crippen molar-refractivity contribution in [3.8, 4) is 136 Å². The number of rotatable bonds is 13. The van der Waals surface area contributed by atoms with E-state index in [4.69, 9.17) is 64.8 Å². The highest BCUT2D eigenvalue weighted by Gasteiger charge is 2.23. The van der Waals surface area contributed by atoms with Crippen LogP contribution >= 0.6 is 0 Å². The maximum Gasteiger partial charge on any atom is 0.182 e. The molecule has 0 amide bonds. The van der Waals surface area contributed by atoms with Gasteiger partial charge in [0.1, 0.15) is 22.8 Å². The second kappa shape index (κ2) is 32.5. The van der Waals surface area contributed by atoms with E-state index in [1.165, 1.54) is 0 Å². The van der Waals surface area contributed by atoms with Gasteiger partial charge in [-0.1, -0.05) is 269 Å². The molecule has 0 atom stereocenters. The van der Waals surface area contributed by atoms with Gasteiger partial charge in [0.15, 0.2) is 29.1 Å². The molecule has 0 radical (unpaired) electrons. The van der Waals surface area contributed by atoms with Crippen LogP contribution in [0, 0.1) is 13.8 Å². The molecule has 9 aromatic carbocycles. The van der Waals surface area contributed by atoms with E-state index in [2.05, 4.69) is 193 Å². The highest BCUT2D eigenvalue weighted by atomic mass is 15.1. The van der Waals surface area contributed by atoms with Crippen LogP contribution in [0.1, 0.15) is 36.8 Å². The van der Waals surface area contributed by atoms with E-state index >= 15 is 0 Å². The van der Waals surface area contributed by atoms with E-state index in [1.807, 2.05) is 190 Å². The molecule has 16 nitrogen and oxygen atoms in total. The Balaban J connectivity index is 0.000000118. The highest BCUT2D eigenvalue weighted by Crippen LogP contribution is 2.41. The predicted molar refractivity (Wildman–Crippen MR) is 478 cm³/mol. The third-order valence-corrected chi connectivity index (χ3v) is 20.8. The number of pyridine rings is 9. The Bertz CT molecular complexity index is 6840. The monoisotopic (exact) mass is 1530 g/mol. The molecule has 0 aliphatic rings. The smallest absolute Gasteiger partial charge is 0.182 e. The van der Waals surface area contributed by atoms with E-state index in [0.717, 1.165) is 167 Å². The lowest BCUT2D eigenvalue weighted by molar-refractivity contribution is 0.830. The van der Waals surface area contributed by atoms with Crippen LogP contribution in [-0.2, 0) is 0 Å². The molecular formula is C103H72N16. The first-order chi connectivity index (χ1) is 58.6. The van der Waals surface area contributed by atoms with Gasteiger partial charge >= 0.3 is 0 Å². The van der Waals surface area contributed by atoms with Crippen molar-refractivity contribution in [2.45, 2.75) is 33.6 Å². The summed E-state index contributed by atoms with van der Waals surface area (Å²) < 4.78 is 0. The molecule has 21 aromatic rings. The summed E-state index contributed by atoms with van der Waals surface area (Å²) in [4.78, 5) is 78.5. The standard InChI is InChI=1S/C36H27N5.C34H23N5.C33H22N6/c1-23(2)29-19-17-26-16-18-27-28(24-11-5-3-6-12-24)21-33(39-35(27)34(26)38-29)36-40-31(25-13-7-4-8-14-25)22-32(41-36)30-15-9-10-20-37-30;1-22-15-16-25-17-18-26-27(23-10-4-2-5-11-23)20-30(37-33(26)32(25)36-22)31-21-29(24-12-6-3-7-13-24)38-34(39-31)28-14-8-9-19-35-28;1-21-15-16-23-17-18-25-26(22-10-4-2-5-11-22)20-28(36-30(25)29(23)35-21)33-38-31(24-12-6-3-7-13-24)37-32(39-33)27-14-8-9-19-34-27/h3-23H,1-2H3;2-21H,1H3;2-20H,1H3. The molecule has 0 N–H and O–H groups in total. The third kappa shape index (κ3) is 15.3. The van der Waals surface area contributed by atoms with Crippen LogP contribution in [0.2, 0.25) is 0 Å². The minimum absolute atomic E-state index is 0.304. The number of benzene rings is 9. The number of hydrogen-bond donors (Lipinski definition) is 0. The zero-order valence-corrected chi connectivity index (χ0v) is 65.3. The van der Waals surface area contributed by atoms with Crippen molar-refractivity contribution < 1.29 is 0 Å². The lowest BCUT2D eigenvalue weighted by atomic mass is 9.97. The minimum Gasteiger partial charge on any atom is -0.255 e. The predicted octanol–water partition coefficient (Wildman–Crippen LogP) is 24.0. The van der Waals surface area contributed by atoms with Crippen molar-refractivity contribution in [3.05, 3.63) is 375 Å². The molecule has 0 bridgehead atoms. The number of aromatic nitrogens is 16. The average Bonchev–Trinajstić information content (AvgIpc) is 0.759. The minimum atomic E-state index is 0.304. The van der Waals surface area contributed by atoms with E-state index in [9.17, 15) is 0 Å². The van der Waals surface area contributed by atoms with E-state index in [-0.39, 0.29) is 0 Å². The van der Waals surface area contributed by atoms with E-state index in [0.29, 0.717) is 57.8 Å². The van der Waals surface area contributed by atoms with Crippen LogP contribution in [0.5, 0.6) is 0 Å². The first-order valence-electron chi connectivity index (χ1n) is 39.4. The zero-order valence-electron chi connectivity index (χ0n) is 65.3. The maximum atomic E-state index is 5.22. The SMILES string of the molecule is CC(C)c1ccc2ccc3c(-c4ccccc4)cc(-c4nc(-c5ccccc5)cc(-c5ccccn5)n4)nc3c2n1.Cc1ccc2ccc3c(-c4ccccc4)cc(-c4cc(-c5ccccc5)nc(-c5ccccn5)n4)nc3c2n1.Cc1ccc2ccc3c(-c4ccccc4)cc(-c4nc(-c5ccccc5)nc(-c5ccccn5)n4)nc3c2n1. The summed E-state index contributed by atoms with van der Waals surface area (Å²) in [5, 5.41) is 6.27. The van der Waals surface area contributed by atoms with Gasteiger partial charge < -0.3 is 0 Å². The number of hydrogen-bond acceptors (Lipinski definition) is 16. The lowest BCUT2D eigenvalue weighted by Crippen LogP contribution is -2.02. The molecule has 564 valence electrons. The van der Waals surface area contributed by atoms with Crippen LogP contribution in [0.4, 0.5) is 0 Å². The van der Waals surface area contributed by atoms with Crippen LogP contribution < -0.4 is 0 Å². The zero-order chi connectivity index (χ0) is 80.1. The van der Waals surface area contributed by atoms with Gasteiger partial charge in [0.2, 0.25) is 0 Å². The topological polar surface area (TPSA) is 206 Å². The Kier molecular flexibility index (Phi) is 20.0. The summed E-state index contributed by atoms with van der Waals surface area (Å²) in [6.07, 6.45) is 5.28. The van der Waals surface area contributed by atoms with Crippen LogP contribution in [0.15, 0.2) is 358 Å². The molecule has 0 spiro atoms. The Morgan fingerprint density at radius 1 is 0.193 bits per heavy atom. The first-order valence-corrected chi connectivity index (χ1v) is 39.4. The number of aryl methyl sites for hydroxylation is 2. The number of fused-ring (bicyclic) bond motifs is 9. The van der Waals surface area contributed by atoms with Gasteiger partial charge in [-0.25, -0.2) is 49.8 Å². The fraction of sp³-hybridized carbons (Fsp3) is 0.0485. The fourth-order valence-corrected chi connectivity index (χ4v) is 14.8. The molecule has 0 saturated heterocycles. The van der Waals surface area contributed by atoms with Gasteiger partial charge in [-0.05, 0) is 138 Å². The lowest BCUT2D eigenvalue weighted by Gasteiger charge is -2.14.